The van der Waals surface area contributed by atoms with Crippen molar-refractivity contribution in [3.05, 3.63) is 32.9 Å². The maximum Gasteiger partial charge on any atom is 0.0875 e. The van der Waals surface area contributed by atoms with E-state index in [0.29, 0.717) is 0 Å². The van der Waals surface area contributed by atoms with Crippen molar-refractivity contribution in [3.63, 3.8) is 0 Å². The molecule has 76 valence electrons. The van der Waals surface area contributed by atoms with Crippen LogP contribution in [0.15, 0.2) is 28.1 Å². The Morgan fingerprint density at radius 3 is 2.93 bits per heavy atom. The maximum absolute atomic E-state index is 10.2. The van der Waals surface area contributed by atoms with Crippen LogP contribution in [0, 0.1) is 0 Å². The summed E-state index contributed by atoms with van der Waals surface area (Å²) in [7, 11) is 0. The van der Waals surface area contributed by atoms with Gasteiger partial charge >= 0.3 is 0 Å². The summed E-state index contributed by atoms with van der Waals surface area (Å²) in [6.45, 7) is 0. The Hall–Kier alpha value is -0.120. The molecule has 0 radical (unpaired) electrons. The summed E-state index contributed by atoms with van der Waals surface area (Å²) in [5.74, 6) is 0. The van der Waals surface area contributed by atoms with Gasteiger partial charge in [0.1, 0.15) is 0 Å². The SMILES string of the molecule is OC1(Cc2ccc(Br)s2)C=CCCC1. The van der Waals surface area contributed by atoms with Crippen molar-refractivity contribution in [2.24, 2.45) is 0 Å². The van der Waals surface area contributed by atoms with Gasteiger partial charge in [0.2, 0.25) is 0 Å². The predicted octanol–water partition coefficient (Wildman–Crippen LogP) is 3.52. The molecule has 0 aliphatic heterocycles. The molecule has 0 saturated heterocycles. The second kappa shape index (κ2) is 4.17. The summed E-state index contributed by atoms with van der Waals surface area (Å²) >= 11 is 5.14. The zero-order chi connectivity index (χ0) is 10.0. The highest BCUT2D eigenvalue weighted by molar-refractivity contribution is 9.11. The Bertz CT molecular complexity index is 345. The lowest BCUT2D eigenvalue weighted by molar-refractivity contribution is 0.0759. The molecule has 0 saturated carbocycles. The van der Waals surface area contributed by atoms with Crippen LogP contribution in [0.5, 0.6) is 0 Å². The molecule has 1 N–H and O–H groups in total. The molecule has 1 aliphatic carbocycles. The van der Waals surface area contributed by atoms with Crippen molar-refractivity contribution >= 4 is 27.3 Å². The van der Waals surface area contributed by atoms with E-state index in [0.717, 1.165) is 29.5 Å². The first-order valence-electron chi connectivity index (χ1n) is 4.82. The zero-order valence-electron chi connectivity index (χ0n) is 7.87. The molecule has 0 fully saturated rings. The lowest BCUT2D eigenvalue weighted by Gasteiger charge is -2.26. The van der Waals surface area contributed by atoms with Crippen molar-refractivity contribution in [1.82, 2.24) is 0 Å². The van der Waals surface area contributed by atoms with E-state index in [1.165, 1.54) is 4.88 Å². The van der Waals surface area contributed by atoms with E-state index >= 15 is 0 Å². The highest BCUT2D eigenvalue weighted by Gasteiger charge is 2.25. The fourth-order valence-corrected chi connectivity index (χ4v) is 3.41. The van der Waals surface area contributed by atoms with Gasteiger partial charge in [0.05, 0.1) is 9.39 Å². The van der Waals surface area contributed by atoms with Gasteiger partial charge in [-0.05, 0) is 47.3 Å². The largest absolute Gasteiger partial charge is 0.385 e. The van der Waals surface area contributed by atoms with Crippen molar-refractivity contribution in [3.8, 4) is 0 Å². The normalized spacial score (nSPS) is 26.7. The first kappa shape index (κ1) is 10.4. The summed E-state index contributed by atoms with van der Waals surface area (Å²) in [6.07, 6.45) is 7.89. The van der Waals surface area contributed by atoms with Gasteiger partial charge in [0.25, 0.3) is 0 Å². The minimum atomic E-state index is -0.595. The van der Waals surface area contributed by atoms with Crippen LogP contribution in [0.25, 0.3) is 0 Å². The molecule has 0 spiro atoms. The van der Waals surface area contributed by atoms with Gasteiger partial charge in [0.15, 0.2) is 0 Å². The Morgan fingerprint density at radius 1 is 1.50 bits per heavy atom. The molecule has 1 unspecified atom stereocenters. The fraction of sp³-hybridized carbons (Fsp3) is 0.455. The van der Waals surface area contributed by atoms with Crippen LogP contribution in [0.3, 0.4) is 0 Å². The molecule has 3 heteroatoms. The number of aliphatic hydroxyl groups is 1. The Labute approximate surface area is 96.6 Å². The third-order valence-corrected chi connectivity index (χ3v) is 4.14. The Balaban J connectivity index is 2.09. The Kier molecular flexibility index (Phi) is 3.10. The monoisotopic (exact) mass is 272 g/mol. The van der Waals surface area contributed by atoms with Crippen LogP contribution in [-0.2, 0) is 6.42 Å². The van der Waals surface area contributed by atoms with Gasteiger partial charge in [-0.15, -0.1) is 11.3 Å². The van der Waals surface area contributed by atoms with Crippen molar-refractivity contribution in [2.75, 3.05) is 0 Å². The molecule has 1 heterocycles. The van der Waals surface area contributed by atoms with Crippen molar-refractivity contribution in [2.45, 2.75) is 31.3 Å². The first-order valence-corrected chi connectivity index (χ1v) is 6.43. The lowest BCUT2D eigenvalue weighted by Crippen LogP contribution is -2.29. The van der Waals surface area contributed by atoms with Crippen molar-refractivity contribution < 1.29 is 5.11 Å². The van der Waals surface area contributed by atoms with E-state index in [1.807, 2.05) is 12.1 Å². The average Bonchev–Trinajstić information content (AvgIpc) is 2.51. The van der Waals surface area contributed by atoms with Gasteiger partial charge in [-0.1, -0.05) is 12.2 Å². The quantitative estimate of drug-likeness (QED) is 0.817. The second-order valence-electron chi connectivity index (χ2n) is 3.78. The number of rotatable bonds is 2. The van der Waals surface area contributed by atoms with Crippen LogP contribution >= 0.6 is 27.3 Å². The average molecular weight is 273 g/mol. The minimum absolute atomic E-state index is 0.595. The molecule has 0 amide bonds. The number of allylic oxidation sites excluding steroid dienone is 1. The second-order valence-corrected chi connectivity index (χ2v) is 6.33. The summed E-state index contributed by atoms with van der Waals surface area (Å²) < 4.78 is 1.14. The molecular weight excluding hydrogens is 260 g/mol. The molecule has 1 aliphatic rings. The zero-order valence-corrected chi connectivity index (χ0v) is 10.3. The first-order chi connectivity index (χ1) is 6.68. The van der Waals surface area contributed by atoms with E-state index < -0.39 is 5.60 Å². The van der Waals surface area contributed by atoms with Gasteiger partial charge in [-0.25, -0.2) is 0 Å². The van der Waals surface area contributed by atoms with Crippen LogP contribution in [0.4, 0.5) is 0 Å². The third-order valence-electron chi connectivity index (χ3n) is 2.52. The molecule has 2 rings (SSSR count). The van der Waals surface area contributed by atoms with Gasteiger partial charge in [0, 0.05) is 11.3 Å². The lowest BCUT2D eigenvalue weighted by atomic mass is 9.88. The maximum atomic E-state index is 10.2. The number of halogens is 1. The molecule has 1 aromatic heterocycles. The highest BCUT2D eigenvalue weighted by atomic mass is 79.9. The fourth-order valence-electron chi connectivity index (χ4n) is 1.81. The van der Waals surface area contributed by atoms with E-state index in [9.17, 15) is 5.11 Å². The number of thiophene rings is 1. The van der Waals surface area contributed by atoms with Crippen LogP contribution in [0.2, 0.25) is 0 Å². The summed E-state index contributed by atoms with van der Waals surface area (Å²) in [6, 6.07) is 4.12. The Morgan fingerprint density at radius 2 is 2.36 bits per heavy atom. The molecule has 1 nitrogen and oxygen atoms in total. The van der Waals surface area contributed by atoms with E-state index in [1.54, 1.807) is 11.3 Å². The molecule has 0 bridgehead atoms. The van der Waals surface area contributed by atoms with Crippen LogP contribution in [-0.4, -0.2) is 10.7 Å². The predicted molar refractivity (Wildman–Crippen MR) is 63.7 cm³/mol. The standard InChI is InChI=1S/C11H13BrOS/c12-10-5-4-9(14-10)8-11(13)6-2-1-3-7-11/h2,4-6,13H,1,3,7-8H2. The highest BCUT2D eigenvalue weighted by Crippen LogP contribution is 2.30. The number of hydrogen-bond donors (Lipinski definition) is 1. The number of hydrogen-bond acceptors (Lipinski definition) is 2. The molecular formula is C11H13BrOS. The molecule has 0 aromatic carbocycles. The summed E-state index contributed by atoms with van der Waals surface area (Å²) in [5.41, 5.74) is -0.595. The van der Waals surface area contributed by atoms with E-state index in [-0.39, 0.29) is 0 Å². The molecule has 1 aromatic rings. The smallest absolute Gasteiger partial charge is 0.0875 e. The van der Waals surface area contributed by atoms with Crippen molar-refractivity contribution in [1.29, 1.82) is 0 Å². The summed E-state index contributed by atoms with van der Waals surface area (Å²) in [4.78, 5) is 1.24. The van der Waals surface area contributed by atoms with Gasteiger partial charge < -0.3 is 5.11 Å². The van der Waals surface area contributed by atoms with Crippen LogP contribution < -0.4 is 0 Å². The van der Waals surface area contributed by atoms with Gasteiger partial charge in [-0.3, -0.25) is 0 Å². The van der Waals surface area contributed by atoms with E-state index in [4.69, 9.17) is 0 Å². The van der Waals surface area contributed by atoms with E-state index in [2.05, 4.69) is 28.1 Å². The topological polar surface area (TPSA) is 20.2 Å². The third kappa shape index (κ3) is 2.47. The molecule has 14 heavy (non-hydrogen) atoms. The minimum Gasteiger partial charge on any atom is -0.385 e. The van der Waals surface area contributed by atoms with Crippen LogP contribution in [0.1, 0.15) is 24.1 Å². The van der Waals surface area contributed by atoms with Gasteiger partial charge in [-0.2, -0.15) is 0 Å². The molecule has 1 atom stereocenters. The summed E-state index contributed by atoms with van der Waals surface area (Å²) in [5, 5.41) is 10.2.